The zero-order valence-electron chi connectivity index (χ0n) is 29.5. The number of nitrogens with zero attached hydrogens (tertiary/aromatic N) is 4. The minimum atomic E-state index is 0.672. The summed E-state index contributed by atoms with van der Waals surface area (Å²) >= 11 is 1.87. The van der Waals surface area contributed by atoms with E-state index in [0.717, 1.165) is 38.9 Å². The van der Waals surface area contributed by atoms with Crippen molar-refractivity contribution >= 4 is 86.0 Å². The Balaban J connectivity index is 1.14. The van der Waals surface area contributed by atoms with Gasteiger partial charge < -0.3 is 4.57 Å². The van der Waals surface area contributed by atoms with E-state index in [-0.39, 0.29) is 0 Å². The molecule has 0 atom stereocenters. The highest BCUT2D eigenvalue weighted by Crippen LogP contribution is 2.46. The first-order chi connectivity index (χ1) is 27.3. The van der Waals surface area contributed by atoms with Crippen LogP contribution in [0, 0.1) is 0 Å². The third kappa shape index (κ3) is 4.51. The molecule has 0 aliphatic carbocycles. The second-order valence-corrected chi connectivity index (χ2v) is 15.3. The van der Waals surface area contributed by atoms with Crippen LogP contribution < -0.4 is 0 Å². The van der Waals surface area contributed by atoms with E-state index >= 15 is 0 Å². The molecule has 0 amide bonds. The second-order valence-electron chi connectivity index (χ2n) is 14.2. The van der Waals surface area contributed by atoms with E-state index < -0.39 is 0 Å². The molecule has 0 aliphatic heterocycles. The minimum Gasteiger partial charge on any atom is -0.309 e. The Labute approximate surface area is 319 Å². The summed E-state index contributed by atoms with van der Waals surface area (Å²) in [6, 6.07) is 65.2. The molecule has 5 heteroatoms. The number of hydrogen-bond donors (Lipinski definition) is 0. The maximum atomic E-state index is 5.33. The van der Waals surface area contributed by atoms with Crippen molar-refractivity contribution in [3.05, 3.63) is 182 Å². The molecule has 256 valence electrons. The van der Waals surface area contributed by atoms with E-state index in [1.807, 2.05) is 17.4 Å². The van der Waals surface area contributed by atoms with Gasteiger partial charge in [-0.2, -0.15) is 0 Å². The highest BCUT2D eigenvalue weighted by atomic mass is 32.1. The van der Waals surface area contributed by atoms with Crippen LogP contribution in [-0.4, -0.2) is 19.1 Å². The standard InChI is InChI=1S/C50H30N4S/c1-3-14-31(15-4-1)33-18-13-19-34(28-33)53-41-24-11-8-20-35(41)38-29-39-46(30-44(38)53)55-45-27-26-43-47(48(39)45)37-22-9-12-25-42(37)54(43)50-51-40-23-10-7-21-36(40)49(52-50)32-16-5-2-6-17-32/h1-30H. The number of para-hydroxylation sites is 3. The summed E-state index contributed by atoms with van der Waals surface area (Å²) in [5.41, 5.74) is 11.1. The van der Waals surface area contributed by atoms with Gasteiger partial charge in [0.05, 0.1) is 33.3 Å². The van der Waals surface area contributed by atoms with E-state index in [2.05, 4.69) is 185 Å². The molecule has 55 heavy (non-hydrogen) atoms. The molecular formula is C50H30N4S. The number of aromatic nitrogens is 4. The molecule has 4 nitrogen and oxygen atoms in total. The Morgan fingerprint density at radius 2 is 1.04 bits per heavy atom. The lowest BCUT2D eigenvalue weighted by Crippen LogP contribution is -2.03. The van der Waals surface area contributed by atoms with Gasteiger partial charge >= 0.3 is 0 Å². The predicted octanol–water partition coefficient (Wildman–Crippen LogP) is 13.5. The summed E-state index contributed by atoms with van der Waals surface area (Å²) in [4.78, 5) is 10.5. The van der Waals surface area contributed by atoms with Crippen molar-refractivity contribution in [2.45, 2.75) is 0 Å². The minimum absolute atomic E-state index is 0.672. The van der Waals surface area contributed by atoms with E-state index in [0.29, 0.717) is 5.95 Å². The zero-order valence-corrected chi connectivity index (χ0v) is 30.3. The largest absolute Gasteiger partial charge is 0.309 e. The first-order valence-corrected chi connectivity index (χ1v) is 19.4. The van der Waals surface area contributed by atoms with Gasteiger partial charge in [0.25, 0.3) is 0 Å². The Bertz CT molecular complexity index is 3480. The van der Waals surface area contributed by atoms with Gasteiger partial charge in [-0.3, -0.25) is 4.57 Å². The van der Waals surface area contributed by atoms with Crippen LogP contribution in [0.3, 0.4) is 0 Å². The smallest absolute Gasteiger partial charge is 0.235 e. The first kappa shape index (κ1) is 30.4. The molecule has 0 saturated carbocycles. The summed E-state index contributed by atoms with van der Waals surface area (Å²) < 4.78 is 7.23. The first-order valence-electron chi connectivity index (χ1n) is 18.6. The third-order valence-corrected chi connectivity index (χ3v) is 12.2. The lowest BCUT2D eigenvalue weighted by Gasteiger charge is -2.11. The van der Waals surface area contributed by atoms with Crippen LogP contribution >= 0.6 is 11.3 Å². The Morgan fingerprint density at radius 1 is 0.364 bits per heavy atom. The lowest BCUT2D eigenvalue weighted by atomic mass is 10.0. The molecule has 0 saturated heterocycles. The highest BCUT2D eigenvalue weighted by molar-refractivity contribution is 7.26. The van der Waals surface area contributed by atoms with Crippen molar-refractivity contribution in [2.24, 2.45) is 0 Å². The Morgan fingerprint density at radius 3 is 1.85 bits per heavy atom. The molecule has 0 bridgehead atoms. The SMILES string of the molecule is c1ccc(-c2cccc(-n3c4ccccc4c4cc5c(cc43)sc3ccc4c(c6ccccc6n4-c4nc(-c6ccccc6)c6ccccc6n4)c35)c2)cc1. The summed E-state index contributed by atoms with van der Waals surface area (Å²) in [5, 5.41) is 8.51. The quantitative estimate of drug-likeness (QED) is 0.182. The van der Waals surface area contributed by atoms with Crippen LogP contribution in [-0.2, 0) is 0 Å². The monoisotopic (exact) mass is 718 g/mol. The Kier molecular flexibility index (Phi) is 6.47. The second kappa shape index (κ2) is 11.7. The molecule has 8 aromatic carbocycles. The molecule has 0 radical (unpaired) electrons. The van der Waals surface area contributed by atoms with Crippen molar-refractivity contribution in [2.75, 3.05) is 0 Å². The topological polar surface area (TPSA) is 35.6 Å². The fourth-order valence-electron chi connectivity index (χ4n) is 8.72. The third-order valence-electron chi connectivity index (χ3n) is 11.1. The Hall–Kier alpha value is -7.08. The number of benzene rings is 8. The maximum absolute atomic E-state index is 5.33. The zero-order chi connectivity index (χ0) is 36.0. The van der Waals surface area contributed by atoms with Crippen LogP contribution in [0.2, 0.25) is 0 Å². The molecule has 0 fully saturated rings. The van der Waals surface area contributed by atoms with Crippen LogP contribution in [0.15, 0.2) is 182 Å². The average Bonchev–Trinajstić information content (AvgIpc) is 3.90. The average molecular weight is 719 g/mol. The van der Waals surface area contributed by atoms with E-state index in [9.17, 15) is 0 Å². The molecule has 0 N–H and O–H groups in total. The maximum Gasteiger partial charge on any atom is 0.235 e. The number of fused-ring (bicyclic) bond motifs is 11. The molecule has 0 unspecified atom stereocenters. The van der Waals surface area contributed by atoms with Gasteiger partial charge in [0.2, 0.25) is 5.95 Å². The van der Waals surface area contributed by atoms with Crippen molar-refractivity contribution in [1.29, 1.82) is 0 Å². The van der Waals surface area contributed by atoms with Crippen LogP contribution in [0.25, 0.3) is 109 Å². The van der Waals surface area contributed by atoms with Crippen LogP contribution in [0.4, 0.5) is 0 Å². The summed E-state index contributed by atoms with van der Waals surface area (Å²) in [6.07, 6.45) is 0. The van der Waals surface area contributed by atoms with Gasteiger partial charge in [-0.05, 0) is 65.7 Å². The van der Waals surface area contributed by atoms with Gasteiger partial charge in [0, 0.05) is 58.4 Å². The lowest BCUT2D eigenvalue weighted by molar-refractivity contribution is 1.01. The molecule has 0 aliphatic rings. The molecular weight excluding hydrogens is 689 g/mol. The van der Waals surface area contributed by atoms with Gasteiger partial charge in [-0.1, -0.05) is 127 Å². The van der Waals surface area contributed by atoms with E-state index in [1.165, 1.54) is 63.9 Å². The molecule has 12 rings (SSSR count). The fraction of sp³-hybridized carbons (Fsp3) is 0. The van der Waals surface area contributed by atoms with Crippen molar-refractivity contribution in [3.63, 3.8) is 0 Å². The van der Waals surface area contributed by atoms with E-state index in [4.69, 9.17) is 9.97 Å². The van der Waals surface area contributed by atoms with Crippen LogP contribution in [0.5, 0.6) is 0 Å². The summed E-state index contributed by atoms with van der Waals surface area (Å²) in [6.45, 7) is 0. The van der Waals surface area contributed by atoms with Crippen molar-refractivity contribution < 1.29 is 0 Å². The highest BCUT2D eigenvalue weighted by Gasteiger charge is 2.22. The van der Waals surface area contributed by atoms with Gasteiger partial charge in [-0.15, -0.1) is 11.3 Å². The van der Waals surface area contributed by atoms with Crippen molar-refractivity contribution in [1.82, 2.24) is 19.1 Å². The van der Waals surface area contributed by atoms with Gasteiger partial charge in [-0.25, -0.2) is 9.97 Å². The number of rotatable bonds is 4. The van der Waals surface area contributed by atoms with Crippen molar-refractivity contribution in [3.8, 4) is 34.0 Å². The normalized spacial score (nSPS) is 12.0. The molecule has 4 aromatic heterocycles. The van der Waals surface area contributed by atoms with E-state index in [1.54, 1.807) is 0 Å². The van der Waals surface area contributed by atoms with Gasteiger partial charge in [0.15, 0.2) is 0 Å². The molecule has 0 spiro atoms. The summed E-state index contributed by atoms with van der Waals surface area (Å²) in [7, 11) is 0. The molecule has 4 heterocycles. The summed E-state index contributed by atoms with van der Waals surface area (Å²) in [5.74, 6) is 0.672. The number of thiophene rings is 1. The number of hydrogen-bond acceptors (Lipinski definition) is 3. The van der Waals surface area contributed by atoms with Crippen LogP contribution in [0.1, 0.15) is 0 Å². The predicted molar refractivity (Wildman–Crippen MR) is 232 cm³/mol. The molecule has 12 aromatic rings. The van der Waals surface area contributed by atoms with Gasteiger partial charge in [0.1, 0.15) is 0 Å². The fourth-order valence-corrected chi connectivity index (χ4v) is 9.85.